The van der Waals surface area contributed by atoms with Gasteiger partial charge in [0.15, 0.2) is 11.4 Å². The van der Waals surface area contributed by atoms with Crippen LogP contribution < -0.4 is 0 Å². The van der Waals surface area contributed by atoms with Crippen molar-refractivity contribution >= 4 is 16.9 Å². The molecule has 0 amide bonds. The Kier molecular flexibility index (Phi) is 4.17. The number of ether oxygens (including phenoxy) is 1. The first kappa shape index (κ1) is 16.9. The number of hydrogen-bond acceptors (Lipinski definition) is 5. The zero-order valence-corrected chi connectivity index (χ0v) is 14.7. The van der Waals surface area contributed by atoms with Crippen molar-refractivity contribution in [3.8, 4) is 17.0 Å². The zero-order valence-electron chi connectivity index (χ0n) is 14.7. The van der Waals surface area contributed by atoms with Crippen molar-refractivity contribution in [3.05, 3.63) is 53.9 Å². The summed E-state index contributed by atoms with van der Waals surface area (Å²) in [5.74, 6) is -0.896. The van der Waals surface area contributed by atoms with Gasteiger partial charge in [0.1, 0.15) is 0 Å². The van der Waals surface area contributed by atoms with Crippen LogP contribution >= 0.6 is 0 Å². The molecule has 5 heteroatoms. The van der Waals surface area contributed by atoms with Gasteiger partial charge in [-0.25, -0.2) is 14.8 Å². The van der Waals surface area contributed by atoms with Gasteiger partial charge in [0.25, 0.3) is 0 Å². The SMILES string of the molecule is COC(=O)c1ncc2nc(-c3ccc(C(C)(C)C)cc3)ccc2c1O. The minimum absolute atomic E-state index is 0.0926. The average molecular weight is 336 g/mol. The number of benzene rings is 1. The van der Waals surface area contributed by atoms with Crippen LogP contribution in [0, 0.1) is 0 Å². The number of aromatic nitrogens is 2. The number of carbonyl (C=O) groups is 1. The van der Waals surface area contributed by atoms with E-state index in [2.05, 4.69) is 47.6 Å². The predicted molar refractivity (Wildman–Crippen MR) is 96.7 cm³/mol. The Hall–Kier alpha value is -2.95. The second kappa shape index (κ2) is 6.16. The summed E-state index contributed by atoms with van der Waals surface area (Å²) < 4.78 is 4.62. The summed E-state index contributed by atoms with van der Waals surface area (Å²) in [6.07, 6.45) is 1.47. The number of fused-ring (bicyclic) bond motifs is 1. The fraction of sp³-hybridized carbons (Fsp3) is 0.250. The minimum atomic E-state index is -0.679. The molecule has 0 aliphatic carbocycles. The van der Waals surface area contributed by atoms with Crippen LogP contribution in [-0.2, 0) is 10.2 Å². The summed E-state index contributed by atoms with van der Waals surface area (Å²) in [5.41, 5.74) is 3.50. The Morgan fingerprint density at radius 2 is 1.76 bits per heavy atom. The van der Waals surface area contributed by atoms with Gasteiger partial charge >= 0.3 is 5.97 Å². The Labute approximate surface area is 146 Å². The summed E-state index contributed by atoms with van der Waals surface area (Å²) in [4.78, 5) is 20.1. The maximum absolute atomic E-state index is 11.6. The summed E-state index contributed by atoms with van der Waals surface area (Å²) in [6.45, 7) is 6.51. The van der Waals surface area contributed by atoms with Crippen molar-refractivity contribution in [2.24, 2.45) is 0 Å². The van der Waals surface area contributed by atoms with Gasteiger partial charge < -0.3 is 9.84 Å². The number of esters is 1. The first-order chi connectivity index (χ1) is 11.8. The lowest BCUT2D eigenvalue weighted by Gasteiger charge is -2.19. The highest BCUT2D eigenvalue weighted by Crippen LogP contribution is 2.30. The van der Waals surface area contributed by atoms with Crippen LogP contribution in [0.4, 0.5) is 0 Å². The third-order valence-electron chi connectivity index (χ3n) is 4.15. The summed E-state index contributed by atoms with van der Waals surface area (Å²) >= 11 is 0. The molecule has 0 saturated heterocycles. The number of aromatic hydroxyl groups is 1. The van der Waals surface area contributed by atoms with E-state index in [-0.39, 0.29) is 16.9 Å². The maximum atomic E-state index is 11.6. The molecule has 5 nitrogen and oxygen atoms in total. The molecule has 0 aliphatic rings. The first-order valence-electron chi connectivity index (χ1n) is 7.99. The fourth-order valence-electron chi connectivity index (χ4n) is 2.64. The summed E-state index contributed by atoms with van der Waals surface area (Å²) in [5, 5.41) is 10.7. The molecule has 0 spiro atoms. The van der Waals surface area contributed by atoms with Crippen LogP contribution in [0.5, 0.6) is 5.75 Å². The molecule has 2 heterocycles. The third kappa shape index (κ3) is 3.18. The monoisotopic (exact) mass is 336 g/mol. The van der Waals surface area contributed by atoms with Gasteiger partial charge in [0, 0.05) is 10.9 Å². The number of carbonyl (C=O) groups excluding carboxylic acids is 1. The van der Waals surface area contributed by atoms with Crippen LogP contribution in [-0.4, -0.2) is 28.2 Å². The minimum Gasteiger partial charge on any atom is -0.505 e. The molecule has 1 aromatic carbocycles. The Bertz CT molecular complexity index is 942. The second-order valence-corrected chi connectivity index (χ2v) is 6.90. The van der Waals surface area contributed by atoms with E-state index in [0.29, 0.717) is 10.9 Å². The van der Waals surface area contributed by atoms with Crippen LogP contribution in [0.25, 0.3) is 22.2 Å². The van der Waals surface area contributed by atoms with Crippen LogP contribution in [0.15, 0.2) is 42.6 Å². The molecule has 0 radical (unpaired) electrons. The van der Waals surface area contributed by atoms with E-state index >= 15 is 0 Å². The Balaban J connectivity index is 2.03. The van der Waals surface area contributed by atoms with Gasteiger partial charge in [0.05, 0.1) is 24.5 Å². The smallest absolute Gasteiger partial charge is 0.360 e. The highest BCUT2D eigenvalue weighted by atomic mass is 16.5. The normalized spacial score (nSPS) is 11.5. The van der Waals surface area contributed by atoms with Crippen LogP contribution in [0.2, 0.25) is 0 Å². The van der Waals surface area contributed by atoms with Gasteiger partial charge in [-0.3, -0.25) is 0 Å². The third-order valence-corrected chi connectivity index (χ3v) is 4.15. The molecule has 0 unspecified atom stereocenters. The van der Waals surface area contributed by atoms with E-state index in [1.54, 1.807) is 6.07 Å². The average Bonchev–Trinajstić information content (AvgIpc) is 2.60. The fourth-order valence-corrected chi connectivity index (χ4v) is 2.64. The number of hydrogen-bond donors (Lipinski definition) is 1. The van der Waals surface area contributed by atoms with E-state index in [4.69, 9.17) is 0 Å². The number of pyridine rings is 2. The highest BCUT2D eigenvalue weighted by Gasteiger charge is 2.17. The number of methoxy groups -OCH3 is 1. The lowest BCUT2D eigenvalue weighted by Crippen LogP contribution is -2.10. The molecule has 2 aromatic heterocycles. The largest absolute Gasteiger partial charge is 0.505 e. The molecular formula is C20H20N2O3. The van der Waals surface area contributed by atoms with Gasteiger partial charge in [-0.05, 0) is 23.1 Å². The molecular weight excluding hydrogens is 316 g/mol. The molecule has 25 heavy (non-hydrogen) atoms. The molecule has 0 aliphatic heterocycles. The van der Waals surface area contributed by atoms with E-state index in [1.807, 2.05) is 18.2 Å². The van der Waals surface area contributed by atoms with Crippen molar-refractivity contribution in [1.29, 1.82) is 0 Å². The van der Waals surface area contributed by atoms with Crippen molar-refractivity contribution < 1.29 is 14.6 Å². The quantitative estimate of drug-likeness (QED) is 0.714. The van der Waals surface area contributed by atoms with E-state index in [1.165, 1.54) is 18.9 Å². The Morgan fingerprint density at radius 1 is 1.08 bits per heavy atom. The molecule has 3 aromatic rings. The van der Waals surface area contributed by atoms with Crippen molar-refractivity contribution in [3.63, 3.8) is 0 Å². The number of nitrogens with zero attached hydrogens (tertiary/aromatic N) is 2. The molecule has 0 atom stereocenters. The lowest BCUT2D eigenvalue weighted by molar-refractivity contribution is 0.0591. The molecule has 128 valence electrons. The summed E-state index contributed by atoms with van der Waals surface area (Å²) in [6, 6.07) is 11.8. The first-order valence-corrected chi connectivity index (χ1v) is 7.99. The Morgan fingerprint density at radius 3 is 2.36 bits per heavy atom. The standard InChI is InChI=1S/C20H20N2O3/c1-20(2,3)13-7-5-12(6-8-13)15-10-9-14-16(22-15)11-21-17(18(14)23)19(24)25-4/h5-11,23H,1-4H3. The van der Waals surface area contributed by atoms with Gasteiger partial charge in [-0.1, -0.05) is 45.0 Å². The predicted octanol–water partition coefficient (Wildman–Crippen LogP) is 4.09. The van der Waals surface area contributed by atoms with E-state index in [0.717, 1.165) is 11.3 Å². The zero-order chi connectivity index (χ0) is 18.2. The lowest BCUT2D eigenvalue weighted by atomic mass is 9.86. The maximum Gasteiger partial charge on any atom is 0.360 e. The van der Waals surface area contributed by atoms with Crippen molar-refractivity contribution in [1.82, 2.24) is 9.97 Å². The molecule has 3 rings (SSSR count). The van der Waals surface area contributed by atoms with Crippen LogP contribution in [0.3, 0.4) is 0 Å². The molecule has 0 fully saturated rings. The van der Waals surface area contributed by atoms with Crippen molar-refractivity contribution in [2.75, 3.05) is 7.11 Å². The molecule has 0 saturated carbocycles. The van der Waals surface area contributed by atoms with Gasteiger partial charge in [-0.15, -0.1) is 0 Å². The van der Waals surface area contributed by atoms with E-state index < -0.39 is 5.97 Å². The van der Waals surface area contributed by atoms with Gasteiger partial charge in [-0.2, -0.15) is 0 Å². The summed E-state index contributed by atoms with van der Waals surface area (Å²) in [7, 11) is 1.25. The molecule has 1 N–H and O–H groups in total. The van der Waals surface area contributed by atoms with Crippen molar-refractivity contribution in [2.45, 2.75) is 26.2 Å². The molecule has 0 bridgehead atoms. The van der Waals surface area contributed by atoms with Gasteiger partial charge in [0.2, 0.25) is 0 Å². The second-order valence-electron chi connectivity index (χ2n) is 6.90. The highest BCUT2D eigenvalue weighted by molar-refractivity contribution is 5.98. The number of rotatable bonds is 2. The van der Waals surface area contributed by atoms with E-state index in [9.17, 15) is 9.90 Å². The topological polar surface area (TPSA) is 72.3 Å². The van der Waals surface area contributed by atoms with Crippen LogP contribution in [0.1, 0.15) is 36.8 Å².